The Morgan fingerprint density at radius 2 is 2.38 bits per heavy atom. The van der Waals surface area contributed by atoms with E-state index in [9.17, 15) is 4.79 Å². The summed E-state index contributed by atoms with van der Waals surface area (Å²) in [4.78, 5) is 10.7. The summed E-state index contributed by atoms with van der Waals surface area (Å²) in [6.07, 6.45) is 2.71. The third-order valence-corrected chi connectivity index (χ3v) is 3.49. The van der Waals surface area contributed by atoms with Crippen LogP contribution in [-0.4, -0.2) is 17.7 Å². The molecule has 1 N–H and O–H groups in total. The Morgan fingerprint density at radius 1 is 1.50 bits per heavy atom. The Kier molecular flexibility index (Phi) is 2.13. The van der Waals surface area contributed by atoms with Crippen LogP contribution in [0, 0.1) is 11.8 Å². The zero-order valence-corrected chi connectivity index (χ0v) is 8.98. The molecule has 0 spiro atoms. The zero-order chi connectivity index (χ0) is 11.1. The van der Waals surface area contributed by atoms with Crippen molar-refractivity contribution in [2.45, 2.75) is 19.3 Å². The van der Waals surface area contributed by atoms with E-state index in [1.165, 1.54) is 11.1 Å². The lowest BCUT2D eigenvalue weighted by molar-refractivity contribution is -0.138. The summed E-state index contributed by atoms with van der Waals surface area (Å²) >= 11 is 0. The molecule has 2 aliphatic rings. The quantitative estimate of drug-likeness (QED) is 0.842. The van der Waals surface area contributed by atoms with Gasteiger partial charge in [0.25, 0.3) is 0 Å². The molecule has 16 heavy (non-hydrogen) atoms. The molecule has 0 amide bonds. The third-order valence-electron chi connectivity index (χ3n) is 3.49. The second-order valence-electron chi connectivity index (χ2n) is 4.69. The van der Waals surface area contributed by atoms with E-state index in [0.717, 1.165) is 31.6 Å². The molecule has 1 aromatic rings. The van der Waals surface area contributed by atoms with Crippen LogP contribution in [0.2, 0.25) is 0 Å². The number of ether oxygens (including phenoxy) is 1. The minimum Gasteiger partial charge on any atom is -0.493 e. The second-order valence-corrected chi connectivity index (χ2v) is 4.69. The van der Waals surface area contributed by atoms with Gasteiger partial charge in [-0.2, -0.15) is 0 Å². The van der Waals surface area contributed by atoms with Gasteiger partial charge in [-0.25, -0.2) is 0 Å². The van der Waals surface area contributed by atoms with E-state index in [0.29, 0.717) is 5.92 Å². The van der Waals surface area contributed by atoms with Crippen molar-refractivity contribution in [3.8, 4) is 5.75 Å². The van der Waals surface area contributed by atoms with Gasteiger partial charge < -0.3 is 9.84 Å². The molecule has 0 saturated heterocycles. The smallest absolute Gasteiger partial charge is 0.306 e. The average Bonchev–Trinajstić information content (AvgIpc) is 2.87. The number of aliphatic carboxylic acids is 1. The maximum absolute atomic E-state index is 10.7. The van der Waals surface area contributed by atoms with Crippen molar-refractivity contribution in [1.29, 1.82) is 0 Å². The Morgan fingerprint density at radius 3 is 3.12 bits per heavy atom. The minimum atomic E-state index is -0.644. The van der Waals surface area contributed by atoms with Gasteiger partial charge in [0.15, 0.2) is 0 Å². The predicted octanol–water partition coefficient (Wildman–Crippen LogP) is 1.88. The number of hydrogen-bond acceptors (Lipinski definition) is 2. The number of fused-ring (bicyclic) bond motifs is 1. The van der Waals surface area contributed by atoms with Gasteiger partial charge in [0, 0.05) is 6.42 Å². The Balaban J connectivity index is 1.70. The van der Waals surface area contributed by atoms with Crippen LogP contribution in [0.1, 0.15) is 17.5 Å². The molecule has 1 saturated carbocycles. The molecule has 0 aromatic heterocycles. The summed E-state index contributed by atoms with van der Waals surface area (Å²) in [6.45, 7) is 0.778. The van der Waals surface area contributed by atoms with Crippen molar-refractivity contribution < 1.29 is 14.6 Å². The largest absolute Gasteiger partial charge is 0.493 e. The molecule has 2 unspecified atom stereocenters. The van der Waals surface area contributed by atoms with Gasteiger partial charge in [-0.1, -0.05) is 12.1 Å². The summed E-state index contributed by atoms with van der Waals surface area (Å²) in [7, 11) is 0. The third kappa shape index (κ3) is 1.66. The fourth-order valence-electron chi connectivity index (χ4n) is 2.45. The van der Waals surface area contributed by atoms with Gasteiger partial charge in [-0.3, -0.25) is 4.79 Å². The van der Waals surface area contributed by atoms with E-state index in [2.05, 4.69) is 12.1 Å². The minimum absolute atomic E-state index is 0.107. The van der Waals surface area contributed by atoms with Crippen molar-refractivity contribution in [1.82, 2.24) is 0 Å². The molecule has 84 valence electrons. The molecule has 3 heteroatoms. The van der Waals surface area contributed by atoms with E-state index in [1.807, 2.05) is 6.07 Å². The summed E-state index contributed by atoms with van der Waals surface area (Å²) < 4.78 is 5.44. The van der Waals surface area contributed by atoms with Gasteiger partial charge in [0.1, 0.15) is 5.75 Å². The van der Waals surface area contributed by atoms with Crippen molar-refractivity contribution in [3.63, 3.8) is 0 Å². The van der Waals surface area contributed by atoms with Crippen LogP contribution in [0.25, 0.3) is 0 Å². The number of carboxylic acid groups (broad SMARTS) is 1. The van der Waals surface area contributed by atoms with E-state index < -0.39 is 5.97 Å². The first-order chi connectivity index (χ1) is 7.74. The molecule has 0 radical (unpaired) electrons. The lowest BCUT2D eigenvalue weighted by Gasteiger charge is -2.03. The van der Waals surface area contributed by atoms with Gasteiger partial charge in [0.2, 0.25) is 0 Å². The number of hydrogen-bond donors (Lipinski definition) is 1. The number of rotatable bonds is 3. The Labute approximate surface area is 94.0 Å². The van der Waals surface area contributed by atoms with Crippen LogP contribution in [0.15, 0.2) is 18.2 Å². The predicted molar refractivity (Wildman–Crippen MR) is 58.6 cm³/mol. The summed E-state index contributed by atoms with van der Waals surface area (Å²) in [6, 6.07) is 6.23. The Bertz CT molecular complexity index is 439. The molecule has 3 nitrogen and oxygen atoms in total. The van der Waals surface area contributed by atoms with E-state index in [1.54, 1.807) is 0 Å². The average molecular weight is 218 g/mol. The van der Waals surface area contributed by atoms with Crippen LogP contribution in [0.5, 0.6) is 5.75 Å². The first kappa shape index (κ1) is 9.70. The molecule has 2 atom stereocenters. The topological polar surface area (TPSA) is 46.5 Å². The lowest BCUT2D eigenvalue weighted by atomic mass is 10.0. The van der Waals surface area contributed by atoms with Gasteiger partial charge >= 0.3 is 5.97 Å². The van der Waals surface area contributed by atoms with Crippen LogP contribution < -0.4 is 4.74 Å². The molecular weight excluding hydrogens is 204 g/mol. The van der Waals surface area contributed by atoms with Crippen molar-refractivity contribution >= 4 is 5.97 Å². The lowest BCUT2D eigenvalue weighted by Crippen LogP contribution is -2.01. The molecule has 1 aromatic carbocycles. The van der Waals surface area contributed by atoms with Crippen LogP contribution >= 0.6 is 0 Å². The number of carbonyl (C=O) groups is 1. The van der Waals surface area contributed by atoms with Crippen molar-refractivity contribution in [3.05, 3.63) is 29.3 Å². The monoisotopic (exact) mass is 218 g/mol. The van der Waals surface area contributed by atoms with Gasteiger partial charge in [-0.05, 0) is 36.0 Å². The van der Waals surface area contributed by atoms with Crippen LogP contribution in [0.4, 0.5) is 0 Å². The zero-order valence-electron chi connectivity index (χ0n) is 8.98. The molecule has 1 aliphatic heterocycles. The van der Waals surface area contributed by atoms with Crippen LogP contribution in [0.3, 0.4) is 0 Å². The maximum Gasteiger partial charge on any atom is 0.306 e. The van der Waals surface area contributed by atoms with E-state index in [-0.39, 0.29) is 5.92 Å². The van der Waals surface area contributed by atoms with Gasteiger partial charge in [-0.15, -0.1) is 0 Å². The maximum atomic E-state index is 10.7. The molecule has 1 heterocycles. The first-order valence-electron chi connectivity index (χ1n) is 5.71. The van der Waals surface area contributed by atoms with Gasteiger partial charge in [0.05, 0.1) is 12.5 Å². The molecule has 1 aliphatic carbocycles. The summed E-state index contributed by atoms with van der Waals surface area (Å²) in [5.74, 6) is 0.589. The molecular formula is C13H14O3. The first-order valence-corrected chi connectivity index (χ1v) is 5.71. The number of carboxylic acids is 1. The van der Waals surface area contributed by atoms with Crippen molar-refractivity contribution in [2.75, 3.05) is 6.61 Å². The molecule has 0 bridgehead atoms. The highest BCUT2D eigenvalue weighted by Gasteiger charge is 2.42. The van der Waals surface area contributed by atoms with Crippen molar-refractivity contribution in [2.24, 2.45) is 11.8 Å². The fourth-order valence-corrected chi connectivity index (χ4v) is 2.45. The molecule has 1 fully saturated rings. The number of benzene rings is 1. The normalized spacial score (nSPS) is 26.0. The highest BCUT2D eigenvalue weighted by atomic mass is 16.5. The fraction of sp³-hybridized carbons (Fsp3) is 0.462. The standard InChI is InChI=1S/C13H14O3/c14-13(15)11-7-10(11)6-8-1-2-12-9(5-8)3-4-16-12/h1-2,5,10-11H,3-4,6-7H2,(H,14,15). The molecule has 3 rings (SSSR count). The summed E-state index contributed by atoms with van der Waals surface area (Å²) in [5, 5.41) is 8.84. The highest BCUT2D eigenvalue weighted by Crippen LogP contribution is 2.41. The van der Waals surface area contributed by atoms with Crippen LogP contribution in [-0.2, 0) is 17.6 Å². The SMILES string of the molecule is O=C(O)C1CC1Cc1ccc2c(c1)CCO2. The highest BCUT2D eigenvalue weighted by molar-refractivity contribution is 5.73. The van der Waals surface area contributed by atoms with E-state index in [4.69, 9.17) is 9.84 Å². The van der Waals surface area contributed by atoms with E-state index >= 15 is 0 Å². The summed E-state index contributed by atoms with van der Waals surface area (Å²) in [5.41, 5.74) is 2.52. The Hall–Kier alpha value is -1.51. The second kappa shape index (κ2) is 3.51.